The summed E-state index contributed by atoms with van der Waals surface area (Å²) in [5.41, 5.74) is -2.83. The minimum Gasteiger partial charge on any atom is -0.491 e. The van der Waals surface area contributed by atoms with E-state index >= 15 is 0 Å². The smallest absolute Gasteiger partial charge is 0.438 e. The number of benzene rings is 3. The van der Waals surface area contributed by atoms with Crippen LogP contribution in [-0.2, 0) is 29.1 Å². The van der Waals surface area contributed by atoms with Crippen molar-refractivity contribution < 1.29 is 63.1 Å². The van der Waals surface area contributed by atoms with Crippen molar-refractivity contribution in [2.24, 2.45) is 5.92 Å². The monoisotopic (exact) mass is 688 g/mol. The molecular formula is C32H30F6O8S. The van der Waals surface area contributed by atoms with Gasteiger partial charge in [-0.15, -0.1) is 0 Å². The Balaban J connectivity index is 1.66. The third-order valence-corrected chi connectivity index (χ3v) is 9.25. The third-order valence-electron chi connectivity index (χ3n) is 8.48. The molecule has 2 atom stereocenters. The first-order valence-corrected chi connectivity index (χ1v) is 16.0. The first-order chi connectivity index (χ1) is 22.1. The van der Waals surface area contributed by atoms with E-state index in [1.54, 1.807) is 72.8 Å². The summed E-state index contributed by atoms with van der Waals surface area (Å²) >= 11 is 0. The zero-order chi connectivity index (χ0) is 34.2. The maximum absolute atomic E-state index is 14.3. The second kappa shape index (κ2) is 13.1. The molecule has 8 nitrogen and oxygen atoms in total. The standard InChI is InChI=1S/C32H30F6O8S/c1-43-14-15-44-16-17-45-24-13-7-6-12-23(24)27-25-19-8-2-4-10-21(19)26(22-11-5-3-9-20(22)25)28(27)29(39)46-30(31(33,34)35,32(36,37)38)18-47(40,41)42/h2-13,25-28H,14-18H2,1H3,(H,40,41,42). The van der Waals surface area contributed by atoms with Gasteiger partial charge in [-0.25, -0.2) is 0 Å². The van der Waals surface area contributed by atoms with Gasteiger partial charge in [0, 0.05) is 24.9 Å². The van der Waals surface area contributed by atoms with Crippen molar-refractivity contribution in [3.05, 3.63) is 101 Å². The van der Waals surface area contributed by atoms with Gasteiger partial charge in [0.15, 0.2) is 0 Å². The van der Waals surface area contributed by atoms with Crippen molar-refractivity contribution in [3.8, 4) is 5.75 Å². The van der Waals surface area contributed by atoms with Crippen LogP contribution in [0.5, 0.6) is 5.75 Å². The van der Waals surface area contributed by atoms with Crippen LogP contribution in [-0.4, -0.2) is 76.2 Å². The van der Waals surface area contributed by atoms with Crippen LogP contribution < -0.4 is 4.74 Å². The fraction of sp³-hybridized carbons (Fsp3) is 0.406. The number of rotatable bonds is 12. The molecule has 6 rings (SSSR count). The van der Waals surface area contributed by atoms with Gasteiger partial charge in [-0.2, -0.15) is 34.8 Å². The van der Waals surface area contributed by atoms with Crippen molar-refractivity contribution in [1.82, 2.24) is 0 Å². The van der Waals surface area contributed by atoms with E-state index in [1.165, 1.54) is 7.11 Å². The Kier molecular flexibility index (Phi) is 9.66. The van der Waals surface area contributed by atoms with Crippen LogP contribution in [0.25, 0.3) is 0 Å². The van der Waals surface area contributed by atoms with E-state index in [4.69, 9.17) is 14.2 Å². The molecule has 0 spiro atoms. The van der Waals surface area contributed by atoms with E-state index in [2.05, 4.69) is 4.74 Å². The Morgan fingerprint density at radius 2 is 1.19 bits per heavy atom. The number of hydrogen-bond acceptors (Lipinski definition) is 7. The molecule has 0 heterocycles. The molecule has 47 heavy (non-hydrogen) atoms. The maximum atomic E-state index is 14.3. The van der Waals surface area contributed by atoms with Gasteiger partial charge in [0.2, 0.25) is 0 Å². The molecule has 0 aliphatic heterocycles. The van der Waals surface area contributed by atoms with Crippen LogP contribution in [0, 0.1) is 5.92 Å². The lowest BCUT2D eigenvalue weighted by atomic mass is 9.52. The number of hydrogen-bond donors (Lipinski definition) is 1. The Morgan fingerprint density at radius 1 is 0.723 bits per heavy atom. The van der Waals surface area contributed by atoms with E-state index in [1.807, 2.05) is 0 Å². The molecule has 3 aliphatic rings. The van der Waals surface area contributed by atoms with E-state index in [-0.39, 0.29) is 25.6 Å². The van der Waals surface area contributed by atoms with Gasteiger partial charge in [0.1, 0.15) is 18.1 Å². The second-order valence-electron chi connectivity index (χ2n) is 11.2. The molecule has 0 amide bonds. The molecule has 0 aromatic heterocycles. The van der Waals surface area contributed by atoms with Crippen molar-refractivity contribution in [2.45, 2.75) is 35.7 Å². The summed E-state index contributed by atoms with van der Waals surface area (Å²) in [6, 6.07) is 19.9. The van der Waals surface area contributed by atoms with Crippen LogP contribution >= 0.6 is 0 Å². The first-order valence-electron chi connectivity index (χ1n) is 14.4. The van der Waals surface area contributed by atoms with E-state index in [9.17, 15) is 44.1 Å². The van der Waals surface area contributed by atoms with Crippen molar-refractivity contribution in [3.63, 3.8) is 0 Å². The fourth-order valence-electron chi connectivity index (χ4n) is 6.64. The lowest BCUT2D eigenvalue weighted by molar-refractivity contribution is -0.362. The molecule has 0 saturated heterocycles. The molecule has 2 bridgehead atoms. The number of carbonyl (C=O) groups excluding carboxylic acids is 1. The van der Waals surface area contributed by atoms with E-state index in [0.717, 1.165) is 0 Å². The molecule has 254 valence electrons. The minimum absolute atomic E-state index is 0.0173. The maximum Gasteiger partial charge on any atom is 0.438 e. The van der Waals surface area contributed by atoms with Gasteiger partial charge >= 0.3 is 23.9 Å². The summed E-state index contributed by atoms with van der Waals surface area (Å²) in [6.07, 6.45) is -12.9. The van der Waals surface area contributed by atoms with E-state index < -0.39 is 63.5 Å². The largest absolute Gasteiger partial charge is 0.491 e. The highest BCUT2D eigenvalue weighted by Crippen LogP contribution is 2.63. The summed E-state index contributed by atoms with van der Waals surface area (Å²) < 4.78 is 139. The number of halogens is 6. The molecule has 2 unspecified atom stereocenters. The zero-order valence-corrected chi connectivity index (χ0v) is 25.6. The van der Waals surface area contributed by atoms with Crippen LogP contribution in [0.3, 0.4) is 0 Å². The number of ether oxygens (including phenoxy) is 4. The molecule has 3 aromatic rings. The SMILES string of the molecule is COCCOCCOc1ccccc1C1C2c3ccccc3C(c3ccccc32)C1C(=O)OC(CS(=O)(=O)O)(C(F)(F)F)C(F)(F)F. The highest BCUT2D eigenvalue weighted by Gasteiger charge is 2.76. The predicted molar refractivity (Wildman–Crippen MR) is 155 cm³/mol. The molecule has 0 saturated carbocycles. The van der Waals surface area contributed by atoms with Gasteiger partial charge in [-0.1, -0.05) is 66.7 Å². The highest BCUT2D eigenvalue weighted by molar-refractivity contribution is 7.85. The minimum atomic E-state index is -6.47. The number of para-hydroxylation sites is 1. The zero-order valence-electron chi connectivity index (χ0n) is 24.8. The summed E-state index contributed by atoms with van der Waals surface area (Å²) in [5, 5.41) is 0. The number of esters is 1. The summed E-state index contributed by atoms with van der Waals surface area (Å²) in [4.78, 5) is 14.1. The van der Waals surface area contributed by atoms with Crippen molar-refractivity contribution in [1.29, 1.82) is 0 Å². The quantitative estimate of drug-likeness (QED) is 0.107. The Bertz CT molecular complexity index is 1650. The molecule has 0 fully saturated rings. The summed E-state index contributed by atoms with van der Waals surface area (Å²) in [7, 11) is -4.48. The van der Waals surface area contributed by atoms with Crippen LogP contribution in [0.1, 0.15) is 45.6 Å². The number of methoxy groups -OCH3 is 1. The van der Waals surface area contributed by atoms with Crippen molar-refractivity contribution in [2.75, 3.05) is 39.3 Å². The van der Waals surface area contributed by atoms with Crippen LogP contribution in [0.2, 0.25) is 0 Å². The van der Waals surface area contributed by atoms with Crippen molar-refractivity contribution >= 4 is 16.1 Å². The van der Waals surface area contributed by atoms with Gasteiger partial charge < -0.3 is 18.9 Å². The molecule has 3 aliphatic carbocycles. The number of fused-ring (bicyclic) bond motifs is 1. The normalized spacial score (nSPS) is 20.8. The number of alkyl halides is 6. The topological polar surface area (TPSA) is 108 Å². The predicted octanol–water partition coefficient (Wildman–Crippen LogP) is 6.01. The molecular weight excluding hydrogens is 658 g/mol. The summed E-state index contributed by atoms with van der Waals surface area (Å²) in [6.45, 7) is 0.753. The van der Waals surface area contributed by atoms with E-state index in [0.29, 0.717) is 34.4 Å². The average Bonchev–Trinajstić information content (AvgIpc) is 3.00. The van der Waals surface area contributed by atoms with Gasteiger partial charge in [0.25, 0.3) is 10.1 Å². The lowest BCUT2D eigenvalue weighted by Gasteiger charge is -2.50. The van der Waals surface area contributed by atoms with Crippen LogP contribution in [0.4, 0.5) is 26.3 Å². The van der Waals surface area contributed by atoms with Gasteiger partial charge in [0.05, 0.1) is 25.7 Å². The highest BCUT2D eigenvalue weighted by atomic mass is 32.2. The third kappa shape index (κ3) is 6.58. The number of carbonyl (C=O) groups is 1. The molecule has 15 heteroatoms. The average molecular weight is 689 g/mol. The summed E-state index contributed by atoms with van der Waals surface area (Å²) in [5.74, 6) is -9.36. The lowest BCUT2D eigenvalue weighted by Crippen LogP contribution is -2.64. The molecule has 0 radical (unpaired) electrons. The fourth-order valence-corrected chi connectivity index (χ4v) is 7.54. The Labute approximate surface area is 266 Å². The van der Waals surface area contributed by atoms with Gasteiger partial charge in [-0.3, -0.25) is 9.35 Å². The Morgan fingerprint density at radius 3 is 1.68 bits per heavy atom. The molecule has 1 N–H and O–H groups in total. The first kappa shape index (κ1) is 34.7. The Hall–Kier alpha value is -3.66. The second-order valence-corrected chi connectivity index (χ2v) is 12.7. The van der Waals surface area contributed by atoms with Crippen LogP contribution in [0.15, 0.2) is 72.8 Å². The van der Waals surface area contributed by atoms with Gasteiger partial charge in [-0.05, 0) is 33.9 Å². The molecule has 3 aromatic carbocycles.